The molecule has 7 nitrogen and oxygen atoms in total. The second-order valence-corrected chi connectivity index (χ2v) is 5.31. The predicted molar refractivity (Wildman–Crippen MR) is 76.8 cm³/mol. The lowest BCUT2D eigenvalue weighted by molar-refractivity contribution is -0.0887. The molecule has 112 valence electrons. The highest BCUT2D eigenvalue weighted by atomic mass is 16.5. The summed E-state index contributed by atoms with van der Waals surface area (Å²) in [6, 6.07) is 7.33. The van der Waals surface area contributed by atoms with E-state index in [-0.39, 0.29) is 24.3 Å². The van der Waals surface area contributed by atoms with Crippen molar-refractivity contribution in [2.45, 2.75) is 25.7 Å². The minimum absolute atomic E-state index is 0.0263. The van der Waals surface area contributed by atoms with Gasteiger partial charge in [0.25, 0.3) is 5.56 Å². The topological polar surface area (TPSA) is 80.5 Å². The Morgan fingerprint density at radius 2 is 2.24 bits per heavy atom. The van der Waals surface area contributed by atoms with Gasteiger partial charge in [-0.25, -0.2) is 0 Å². The number of nitrogens with zero attached hydrogens (tertiary/aromatic N) is 4. The zero-order chi connectivity index (χ0) is 14.8. The molecule has 21 heavy (non-hydrogen) atoms. The number of ether oxygens (including phenoxy) is 1. The zero-order valence-corrected chi connectivity index (χ0v) is 11.8. The Morgan fingerprint density at radius 3 is 3.05 bits per heavy atom. The summed E-state index contributed by atoms with van der Waals surface area (Å²) in [6.45, 7) is 3.44. The Hall–Kier alpha value is -1.83. The summed E-state index contributed by atoms with van der Waals surface area (Å²) in [5.74, 6) is 0. The van der Waals surface area contributed by atoms with Gasteiger partial charge in [-0.15, -0.1) is 5.10 Å². The Kier molecular flexibility index (Phi) is 3.96. The molecular formula is C14H18N4O3. The fourth-order valence-corrected chi connectivity index (χ4v) is 2.47. The van der Waals surface area contributed by atoms with Gasteiger partial charge in [-0.3, -0.25) is 9.69 Å². The van der Waals surface area contributed by atoms with Gasteiger partial charge in [0.2, 0.25) is 0 Å². The molecule has 1 N–H and O–H groups in total. The molecule has 1 aliphatic rings. The van der Waals surface area contributed by atoms with Gasteiger partial charge in [0.1, 0.15) is 5.52 Å². The smallest absolute Gasteiger partial charge is 0.278 e. The Morgan fingerprint density at radius 1 is 1.43 bits per heavy atom. The van der Waals surface area contributed by atoms with Gasteiger partial charge in [0.15, 0.2) is 0 Å². The van der Waals surface area contributed by atoms with Crippen LogP contribution in [0.1, 0.15) is 6.92 Å². The Labute approximate surface area is 121 Å². The summed E-state index contributed by atoms with van der Waals surface area (Å²) in [5.41, 5.74) is 0.446. The molecule has 1 aromatic carbocycles. The van der Waals surface area contributed by atoms with Gasteiger partial charge < -0.3 is 9.84 Å². The van der Waals surface area contributed by atoms with Crippen LogP contribution in [-0.4, -0.2) is 56.9 Å². The van der Waals surface area contributed by atoms with Crippen LogP contribution in [0, 0.1) is 0 Å². The Bertz CT molecular complexity index is 687. The van der Waals surface area contributed by atoms with Crippen LogP contribution in [0.5, 0.6) is 0 Å². The van der Waals surface area contributed by atoms with E-state index in [1.54, 1.807) is 12.1 Å². The number of hydrogen-bond donors (Lipinski definition) is 1. The third-order valence-corrected chi connectivity index (χ3v) is 3.78. The average Bonchev–Trinajstić information content (AvgIpc) is 2.52. The summed E-state index contributed by atoms with van der Waals surface area (Å²) >= 11 is 0. The second-order valence-electron chi connectivity index (χ2n) is 5.31. The van der Waals surface area contributed by atoms with E-state index in [1.165, 1.54) is 4.68 Å². The summed E-state index contributed by atoms with van der Waals surface area (Å²) < 4.78 is 6.85. The van der Waals surface area contributed by atoms with E-state index in [1.807, 2.05) is 19.1 Å². The van der Waals surface area contributed by atoms with Crippen LogP contribution in [0.3, 0.4) is 0 Å². The van der Waals surface area contributed by atoms with Crippen molar-refractivity contribution in [3.8, 4) is 0 Å². The van der Waals surface area contributed by atoms with Crippen LogP contribution >= 0.6 is 0 Å². The van der Waals surface area contributed by atoms with Crippen LogP contribution in [0.25, 0.3) is 10.9 Å². The number of rotatable bonds is 3. The third-order valence-electron chi connectivity index (χ3n) is 3.78. The molecule has 0 saturated carbocycles. The quantitative estimate of drug-likeness (QED) is 0.845. The number of aliphatic hydroxyl groups is 1. The van der Waals surface area contributed by atoms with Gasteiger partial charge in [0, 0.05) is 12.6 Å². The number of aromatic nitrogens is 3. The maximum atomic E-state index is 12.4. The maximum Gasteiger partial charge on any atom is 0.278 e. The summed E-state index contributed by atoms with van der Waals surface area (Å²) in [7, 11) is 0. The molecule has 1 saturated heterocycles. The maximum absolute atomic E-state index is 12.4. The van der Waals surface area contributed by atoms with E-state index < -0.39 is 0 Å². The molecular weight excluding hydrogens is 272 g/mol. The summed E-state index contributed by atoms with van der Waals surface area (Å²) in [5, 5.41) is 17.8. The lowest BCUT2D eigenvalue weighted by atomic mass is 10.2. The molecule has 0 bridgehead atoms. The van der Waals surface area contributed by atoms with E-state index >= 15 is 0 Å². The van der Waals surface area contributed by atoms with Gasteiger partial charge in [-0.1, -0.05) is 17.3 Å². The molecule has 2 aromatic rings. The monoisotopic (exact) mass is 290 g/mol. The van der Waals surface area contributed by atoms with E-state index in [0.717, 1.165) is 0 Å². The van der Waals surface area contributed by atoms with Crippen molar-refractivity contribution in [3.63, 3.8) is 0 Å². The van der Waals surface area contributed by atoms with E-state index in [4.69, 9.17) is 4.74 Å². The molecule has 0 radical (unpaired) electrons. The van der Waals surface area contributed by atoms with Crippen molar-refractivity contribution in [1.29, 1.82) is 0 Å². The number of fused-ring (bicyclic) bond motifs is 1. The van der Waals surface area contributed by atoms with Crippen LogP contribution in [-0.2, 0) is 11.4 Å². The second kappa shape index (κ2) is 5.88. The highest BCUT2D eigenvalue weighted by Crippen LogP contribution is 2.12. The van der Waals surface area contributed by atoms with Gasteiger partial charge in [0.05, 0.1) is 31.4 Å². The first-order chi connectivity index (χ1) is 10.2. The molecule has 1 fully saturated rings. The van der Waals surface area contributed by atoms with E-state index in [9.17, 15) is 9.90 Å². The average molecular weight is 290 g/mol. The largest absolute Gasteiger partial charge is 0.394 e. The molecule has 1 aromatic heterocycles. The van der Waals surface area contributed by atoms with Crippen molar-refractivity contribution in [2.24, 2.45) is 0 Å². The lowest BCUT2D eigenvalue weighted by Crippen LogP contribution is -2.51. The number of hydrogen-bond acceptors (Lipinski definition) is 6. The van der Waals surface area contributed by atoms with Gasteiger partial charge in [-0.05, 0) is 19.1 Å². The minimum Gasteiger partial charge on any atom is -0.394 e. The highest BCUT2D eigenvalue weighted by molar-refractivity contribution is 5.76. The molecule has 3 rings (SSSR count). The molecule has 7 heteroatoms. The zero-order valence-electron chi connectivity index (χ0n) is 11.8. The van der Waals surface area contributed by atoms with Gasteiger partial charge >= 0.3 is 0 Å². The van der Waals surface area contributed by atoms with Crippen molar-refractivity contribution in [2.75, 3.05) is 19.8 Å². The standard InChI is InChI=1S/C14H18N4O3/c1-10-8-21-11(7-19)6-17(10)9-18-14(20)12-4-2-3-5-13(12)15-16-18/h2-5,10-11,19H,6-9H2,1H3. The van der Waals surface area contributed by atoms with Crippen LogP contribution in [0.4, 0.5) is 0 Å². The normalized spacial score (nSPS) is 23.5. The minimum atomic E-state index is -0.217. The fraction of sp³-hybridized carbons (Fsp3) is 0.500. The molecule has 0 spiro atoms. The van der Waals surface area contributed by atoms with E-state index in [2.05, 4.69) is 15.2 Å². The molecule has 2 unspecified atom stereocenters. The van der Waals surface area contributed by atoms with Crippen LogP contribution in [0.2, 0.25) is 0 Å². The third kappa shape index (κ3) is 2.80. The molecule has 0 amide bonds. The first-order valence-corrected chi connectivity index (χ1v) is 6.98. The van der Waals surface area contributed by atoms with Crippen molar-refractivity contribution >= 4 is 10.9 Å². The number of morpholine rings is 1. The highest BCUT2D eigenvalue weighted by Gasteiger charge is 2.26. The molecule has 2 heterocycles. The first-order valence-electron chi connectivity index (χ1n) is 6.98. The molecule has 0 aliphatic carbocycles. The SMILES string of the molecule is CC1COC(CO)CN1Cn1nnc2ccccc2c1=O. The first kappa shape index (κ1) is 14.1. The molecule has 2 atom stereocenters. The number of aliphatic hydroxyl groups excluding tert-OH is 1. The fourth-order valence-electron chi connectivity index (χ4n) is 2.47. The van der Waals surface area contributed by atoms with Crippen LogP contribution in [0.15, 0.2) is 29.1 Å². The predicted octanol–water partition coefficient (Wildman–Crippen LogP) is -0.169. The van der Waals surface area contributed by atoms with Crippen molar-refractivity contribution in [1.82, 2.24) is 19.9 Å². The van der Waals surface area contributed by atoms with Gasteiger partial charge in [-0.2, -0.15) is 4.68 Å². The van der Waals surface area contributed by atoms with Crippen molar-refractivity contribution < 1.29 is 9.84 Å². The van der Waals surface area contributed by atoms with E-state index in [0.29, 0.717) is 30.7 Å². The number of benzene rings is 1. The summed E-state index contributed by atoms with van der Waals surface area (Å²) in [6.07, 6.45) is -0.217. The summed E-state index contributed by atoms with van der Waals surface area (Å²) in [4.78, 5) is 14.5. The van der Waals surface area contributed by atoms with Crippen molar-refractivity contribution in [3.05, 3.63) is 34.6 Å². The Balaban J connectivity index is 1.87. The van der Waals surface area contributed by atoms with Crippen LogP contribution < -0.4 is 5.56 Å². The lowest BCUT2D eigenvalue weighted by Gasteiger charge is -2.36. The molecule has 1 aliphatic heterocycles.